The number of hydrogen-bond donors (Lipinski definition) is 1. The van der Waals surface area contributed by atoms with Crippen LogP contribution in [-0.4, -0.2) is 24.1 Å². The number of methoxy groups -OCH3 is 1. The van der Waals surface area contributed by atoms with Gasteiger partial charge in [0.15, 0.2) is 0 Å². The number of likely N-dealkylation sites (tertiary alicyclic amines) is 1. The smallest absolute Gasteiger partial charge is 0.227 e. The number of carbonyl (C=O) groups is 1. The van der Waals surface area contributed by atoms with Gasteiger partial charge in [0.05, 0.1) is 19.3 Å². The minimum atomic E-state index is 0.0478. The summed E-state index contributed by atoms with van der Waals surface area (Å²) in [7, 11) is 1.73. The molecule has 172 valence electrons. The fraction of sp³-hybridized carbons (Fsp3) is 0.536. The Morgan fingerprint density at radius 3 is 2.44 bits per heavy atom. The number of rotatable bonds is 6. The van der Waals surface area contributed by atoms with Gasteiger partial charge >= 0.3 is 0 Å². The molecule has 2 aliphatic rings. The van der Waals surface area contributed by atoms with Gasteiger partial charge in [-0.25, -0.2) is 0 Å². The number of hydrogen-bond acceptors (Lipinski definition) is 3. The van der Waals surface area contributed by atoms with E-state index in [1.807, 2.05) is 6.07 Å². The Morgan fingerprint density at radius 1 is 1.09 bits per heavy atom. The van der Waals surface area contributed by atoms with Crippen molar-refractivity contribution in [2.45, 2.75) is 77.5 Å². The predicted octanol–water partition coefficient (Wildman–Crippen LogP) is 5.82. The Hall–Kier alpha value is -2.33. The summed E-state index contributed by atoms with van der Waals surface area (Å²) >= 11 is 0. The Bertz CT molecular complexity index is 928. The van der Waals surface area contributed by atoms with Crippen LogP contribution < -0.4 is 10.1 Å². The zero-order chi connectivity index (χ0) is 22.9. The molecule has 2 atom stereocenters. The van der Waals surface area contributed by atoms with Gasteiger partial charge in [0.2, 0.25) is 5.91 Å². The molecule has 1 aliphatic heterocycles. The van der Waals surface area contributed by atoms with Crippen molar-refractivity contribution in [3.8, 4) is 5.75 Å². The molecule has 1 amide bonds. The van der Waals surface area contributed by atoms with Crippen LogP contribution in [0.5, 0.6) is 5.75 Å². The first-order valence-electron chi connectivity index (χ1n) is 12.1. The molecule has 4 nitrogen and oxygen atoms in total. The standard InChI is InChI=1S/C28H38N2O2/c1-19-15-21(16-19)27(31)30-24(20-9-7-6-8-10-20)12-14-26(30)29-18-22-17-23(28(2,3)4)11-13-25(22)32-5/h6-11,13,17,19,21,24,26,29H,12,14-16,18H2,1-5H3. The molecule has 32 heavy (non-hydrogen) atoms. The highest BCUT2D eigenvalue weighted by Gasteiger charge is 2.43. The minimum absolute atomic E-state index is 0.0478. The number of ether oxygens (including phenoxy) is 1. The Morgan fingerprint density at radius 2 is 1.81 bits per heavy atom. The van der Waals surface area contributed by atoms with Crippen LogP contribution in [0.2, 0.25) is 0 Å². The number of carbonyl (C=O) groups excluding carboxylic acids is 1. The second-order valence-corrected chi connectivity index (χ2v) is 10.7. The van der Waals surface area contributed by atoms with Gasteiger partial charge in [0.1, 0.15) is 5.75 Å². The molecule has 1 N–H and O–H groups in total. The highest BCUT2D eigenvalue weighted by Crippen LogP contribution is 2.41. The molecule has 0 aromatic heterocycles. The van der Waals surface area contributed by atoms with Crippen molar-refractivity contribution in [3.05, 3.63) is 65.2 Å². The lowest BCUT2D eigenvalue weighted by molar-refractivity contribution is -0.143. The van der Waals surface area contributed by atoms with Crippen molar-refractivity contribution in [2.75, 3.05) is 7.11 Å². The monoisotopic (exact) mass is 434 g/mol. The molecule has 1 heterocycles. The molecule has 2 unspecified atom stereocenters. The van der Waals surface area contributed by atoms with E-state index in [4.69, 9.17) is 4.74 Å². The highest BCUT2D eigenvalue weighted by atomic mass is 16.5. The van der Waals surface area contributed by atoms with Crippen molar-refractivity contribution < 1.29 is 9.53 Å². The van der Waals surface area contributed by atoms with E-state index in [1.165, 1.54) is 11.1 Å². The van der Waals surface area contributed by atoms with Crippen LogP contribution in [0.25, 0.3) is 0 Å². The third kappa shape index (κ3) is 4.71. The van der Waals surface area contributed by atoms with E-state index in [9.17, 15) is 4.79 Å². The van der Waals surface area contributed by atoms with Gasteiger partial charge in [0, 0.05) is 18.0 Å². The number of benzene rings is 2. The van der Waals surface area contributed by atoms with E-state index in [2.05, 4.69) is 80.4 Å². The van der Waals surface area contributed by atoms with Crippen molar-refractivity contribution >= 4 is 5.91 Å². The third-order valence-corrected chi connectivity index (χ3v) is 7.22. The van der Waals surface area contributed by atoms with Crippen LogP contribution in [0.1, 0.15) is 76.1 Å². The molecule has 1 aliphatic carbocycles. The van der Waals surface area contributed by atoms with E-state index in [1.54, 1.807) is 7.11 Å². The second-order valence-electron chi connectivity index (χ2n) is 10.7. The molecule has 4 rings (SSSR count). The van der Waals surface area contributed by atoms with Crippen LogP contribution in [0, 0.1) is 11.8 Å². The summed E-state index contributed by atoms with van der Waals surface area (Å²) in [5.41, 5.74) is 3.76. The Kier molecular flexibility index (Phi) is 6.62. The molecule has 0 bridgehead atoms. The Labute approximate surface area is 193 Å². The van der Waals surface area contributed by atoms with Crippen LogP contribution in [-0.2, 0) is 16.8 Å². The van der Waals surface area contributed by atoms with Crippen LogP contribution in [0.15, 0.2) is 48.5 Å². The lowest BCUT2D eigenvalue weighted by Crippen LogP contribution is -2.49. The average Bonchev–Trinajstić information content (AvgIpc) is 3.18. The molecule has 2 fully saturated rings. The van der Waals surface area contributed by atoms with Gasteiger partial charge in [0.25, 0.3) is 0 Å². The number of nitrogens with one attached hydrogen (secondary N) is 1. The van der Waals surface area contributed by atoms with E-state index >= 15 is 0 Å². The molecule has 1 saturated carbocycles. The second kappa shape index (κ2) is 9.27. The first-order valence-corrected chi connectivity index (χ1v) is 12.1. The zero-order valence-corrected chi connectivity index (χ0v) is 20.2. The minimum Gasteiger partial charge on any atom is -0.496 e. The average molecular weight is 435 g/mol. The van der Waals surface area contributed by atoms with E-state index in [-0.39, 0.29) is 23.5 Å². The van der Waals surface area contributed by atoms with Gasteiger partial charge in [-0.1, -0.05) is 70.2 Å². The molecule has 1 saturated heterocycles. The lowest BCUT2D eigenvalue weighted by Gasteiger charge is -2.39. The predicted molar refractivity (Wildman–Crippen MR) is 129 cm³/mol. The Balaban J connectivity index is 1.55. The zero-order valence-electron chi connectivity index (χ0n) is 20.2. The number of nitrogens with zero attached hydrogens (tertiary/aromatic N) is 1. The van der Waals surface area contributed by atoms with Crippen LogP contribution in [0.4, 0.5) is 0 Å². The molecule has 0 radical (unpaired) electrons. The summed E-state index contributed by atoms with van der Waals surface area (Å²) < 4.78 is 5.65. The largest absolute Gasteiger partial charge is 0.496 e. The summed E-state index contributed by atoms with van der Waals surface area (Å²) in [6.07, 6.45) is 4.05. The van der Waals surface area contributed by atoms with Crippen LogP contribution in [0.3, 0.4) is 0 Å². The SMILES string of the molecule is COc1ccc(C(C)(C)C)cc1CNC1CCC(c2ccccc2)N1C(=O)C1CC(C)C1. The van der Waals surface area contributed by atoms with Crippen LogP contribution >= 0.6 is 0 Å². The topological polar surface area (TPSA) is 41.6 Å². The van der Waals surface area contributed by atoms with Gasteiger partial charge in [-0.05, 0) is 54.2 Å². The quantitative estimate of drug-likeness (QED) is 0.623. The first-order chi connectivity index (χ1) is 15.3. The maximum absolute atomic E-state index is 13.5. The maximum Gasteiger partial charge on any atom is 0.227 e. The lowest BCUT2D eigenvalue weighted by atomic mass is 9.75. The fourth-order valence-corrected chi connectivity index (χ4v) is 5.25. The number of amides is 1. The maximum atomic E-state index is 13.5. The molecule has 2 aromatic rings. The summed E-state index contributed by atoms with van der Waals surface area (Å²) in [6.45, 7) is 9.62. The summed E-state index contributed by atoms with van der Waals surface area (Å²) in [6, 6.07) is 17.1. The molecule has 2 aromatic carbocycles. The van der Waals surface area contributed by atoms with Crippen molar-refractivity contribution in [1.29, 1.82) is 0 Å². The van der Waals surface area contributed by atoms with E-state index in [0.717, 1.165) is 37.0 Å². The van der Waals surface area contributed by atoms with E-state index in [0.29, 0.717) is 18.4 Å². The van der Waals surface area contributed by atoms with Gasteiger partial charge in [-0.3, -0.25) is 10.1 Å². The summed E-state index contributed by atoms with van der Waals surface area (Å²) in [5, 5.41) is 3.72. The normalized spacial score (nSPS) is 25.5. The summed E-state index contributed by atoms with van der Waals surface area (Å²) in [5.74, 6) is 2.06. The summed E-state index contributed by atoms with van der Waals surface area (Å²) in [4.78, 5) is 15.7. The first kappa shape index (κ1) is 22.8. The van der Waals surface area contributed by atoms with Gasteiger partial charge in [-0.2, -0.15) is 0 Å². The van der Waals surface area contributed by atoms with E-state index < -0.39 is 0 Å². The fourth-order valence-electron chi connectivity index (χ4n) is 5.25. The van der Waals surface area contributed by atoms with Gasteiger partial charge in [-0.15, -0.1) is 0 Å². The molecule has 0 spiro atoms. The molecular weight excluding hydrogens is 396 g/mol. The highest BCUT2D eigenvalue weighted by molar-refractivity contribution is 5.81. The third-order valence-electron chi connectivity index (χ3n) is 7.22. The molecular formula is C28H38N2O2. The molecule has 4 heteroatoms. The van der Waals surface area contributed by atoms with Crippen molar-refractivity contribution in [1.82, 2.24) is 10.2 Å². The van der Waals surface area contributed by atoms with Crippen molar-refractivity contribution in [3.63, 3.8) is 0 Å². The van der Waals surface area contributed by atoms with Crippen molar-refractivity contribution in [2.24, 2.45) is 11.8 Å². The van der Waals surface area contributed by atoms with Gasteiger partial charge < -0.3 is 9.64 Å².